The van der Waals surface area contributed by atoms with E-state index in [0.29, 0.717) is 0 Å². The van der Waals surface area contributed by atoms with E-state index in [2.05, 4.69) is 0 Å². The summed E-state index contributed by atoms with van der Waals surface area (Å²) >= 11 is 5.41. The lowest BCUT2D eigenvalue weighted by molar-refractivity contribution is -0.137. The van der Waals surface area contributed by atoms with Crippen LogP contribution >= 0.6 is 11.6 Å². The maximum absolute atomic E-state index is 12.3. The van der Waals surface area contributed by atoms with Gasteiger partial charge in [-0.3, -0.25) is 0 Å². The molecule has 0 bridgehead atoms. The molecule has 0 fully saturated rings. The lowest BCUT2D eigenvalue weighted by Crippen LogP contribution is -2.07. The van der Waals surface area contributed by atoms with Gasteiger partial charge in [0.25, 0.3) is 0 Å². The minimum Gasteiger partial charge on any atom is -0.166 e. The lowest BCUT2D eigenvalue weighted by atomic mass is 10.1. The fourth-order valence-corrected chi connectivity index (χ4v) is 1.05. The van der Waals surface area contributed by atoms with E-state index in [1.165, 1.54) is 12.1 Å². The molecular formula is C9H4ClF3. The van der Waals surface area contributed by atoms with Crippen molar-refractivity contribution in [3.05, 3.63) is 34.3 Å². The summed E-state index contributed by atoms with van der Waals surface area (Å²) in [5.41, 5.74) is -1.07. The minimum absolute atomic E-state index is 0.0197. The van der Waals surface area contributed by atoms with Crippen molar-refractivity contribution < 1.29 is 13.2 Å². The molecule has 0 N–H and O–H groups in total. The summed E-state index contributed by atoms with van der Waals surface area (Å²) in [6, 6.07) is 3.31. The average Bonchev–Trinajstić information content (AvgIpc) is 2.03. The number of halogens is 4. The van der Waals surface area contributed by atoms with Crippen LogP contribution in [0.2, 0.25) is 5.02 Å². The van der Waals surface area contributed by atoms with Crippen molar-refractivity contribution in [1.82, 2.24) is 0 Å². The van der Waals surface area contributed by atoms with Gasteiger partial charge in [-0.15, -0.1) is 6.42 Å². The zero-order valence-electron chi connectivity index (χ0n) is 6.32. The van der Waals surface area contributed by atoms with E-state index >= 15 is 0 Å². The van der Waals surface area contributed by atoms with Crippen molar-refractivity contribution in [3.63, 3.8) is 0 Å². The smallest absolute Gasteiger partial charge is 0.166 e. The molecule has 0 spiro atoms. The molecular weight excluding hydrogens is 201 g/mol. The summed E-state index contributed by atoms with van der Waals surface area (Å²) in [6.45, 7) is 0. The van der Waals surface area contributed by atoms with Gasteiger partial charge in [0.15, 0.2) is 0 Å². The summed E-state index contributed by atoms with van der Waals surface area (Å²) in [5.74, 6) is 1.95. The third-order valence-electron chi connectivity index (χ3n) is 1.44. The second kappa shape index (κ2) is 3.31. The molecule has 1 rings (SSSR count). The number of terminal acetylenes is 1. The van der Waals surface area contributed by atoms with Crippen LogP contribution in [0.3, 0.4) is 0 Å². The van der Waals surface area contributed by atoms with E-state index in [4.69, 9.17) is 18.0 Å². The monoisotopic (exact) mass is 204 g/mol. The Kier molecular flexibility index (Phi) is 2.53. The molecule has 0 saturated heterocycles. The maximum atomic E-state index is 12.3. The molecule has 0 unspecified atom stereocenters. The van der Waals surface area contributed by atoms with Crippen molar-refractivity contribution in [2.75, 3.05) is 0 Å². The predicted octanol–water partition coefficient (Wildman–Crippen LogP) is 3.34. The molecule has 0 radical (unpaired) electrons. The molecule has 0 aromatic heterocycles. The van der Waals surface area contributed by atoms with Crippen LogP contribution in [0.1, 0.15) is 11.1 Å². The first-order valence-electron chi connectivity index (χ1n) is 3.28. The molecule has 0 aliphatic heterocycles. The summed E-state index contributed by atoms with van der Waals surface area (Å²) in [5, 5.41) is 0.0197. The maximum Gasteiger partial charge on any atom is 0.417 e. The van der Waals surface area contributed by atoms with Crippen LogP contribution in [0, 0.1) is 12.3 Å². The fourth-order valence-electron chi connectivity index (χ4n) is 0.877. The molecule has 0 aliphatic carbocycles. The first kappa shape index (κ1) is 9.94. The first-order chi connectivity index (χ1) is 5.95. The van der Waals surface area contributed by atoms with Gasteiger partial charge in [0, 0.05) is 10.6 Å². The lowest BCUT2D eigenvalue weighted by Gasteiger charge is -2.08. The third kappa shape index (κ3) is 2.16. The van der Waals surface area contributed by atoms with Crippen LogP contribution < -0.4 is 0 Å². The SMILES string of the molecule is C#Cc1ccc(Cl)cc1C(F)(F)F. The number of benzene rings is 1. The highest BCUT2D eigenvalue weighted by molar-refractivity contribution is 6.30. The van der Waals surface area contributed by atoms with Crippen LogP contribution in [0.4, 0.5) is 13.2 Å². The Morgan fingerprint density at radius 3 is 2.38 bits per heavy atom. The van der Waals surface area contributed by atoms with Gasteiger partial charge in [-0.2, -0.15) is 13.2 Å². The Bertz CT molecular complexity index is 360. The van der Waals surface area contributed by atoms with Crippen molar-refractivity contribution in [2.24, 2.45) is 0 Å². The quantitative estimate of drug-likeness (QED) is 0.569. The van der Waals surface area contributed by atoms with Gasteiger partial charge in [-0.05, 0) is 18.2 Å². The normalized spacial score (nSPS) is 11.0. The Morgan fingerprint density at radius 1 is 1.31 bits per heavy atom. The molecule has 0 amide bonds. The van der Waals surface area contributed by atoms with Crippen LogP contribution in [0.25, 0.3) is 0 Å². The zero-order valence-corrected chi connectivity index (χ0v) is 7.08. The van der Waals surface area contributed by atoms with Crippen LogP contribution in [0.5, 0.6) is 0 Å². The van der Waals surface area contributed by atoms with Gasteiger partial charge in [-0.25, -0.2) is 0 Å². The highest BCUT2D eigenvalue weighted by atomic mass is 35.5. The van der Waals surface area contributed by atoms with Gasteiger partial charge in [0.1, 0.15) is 0 Å². The van der Waals surface area contributed by atoms with Gasteiger partial charge < -0.3 is 0 Å². The zero-order chi connectivity index (χ0) is 10.1. The van der Waals surface area contributed by atoms with Gasteiger partial charge in [-0.1, -0.05) is 17.5 Å². The number of rotatable bonds is 0. The van der Waals surface area contributed by atoms with Crippen LogP contribution in [0.15, 0.2) is 18.2 Å². The highest BCUT2D eigenvalue weighted by Gasteiger charge is 2.33. The molecule has 13 heavy (non-hydrogen) atoms. The van der Waals surface area contributed by atoms with E-state index in [1.807, 2.05) is 5.92 Å². The molecule has 1 aromatic carbocycles. The van der Waals surface area contributed by atoms with E-state index in [9.17, 15) is 13.2 Å². The fraction of sp³-hybridized carbons (Fsp3) is 0.111. The summed E-state index contributed by atoms with van der Waals surface area (Å²) in [4.78, 5) is 0. The molecule has 0 atom stereocenters. The second-order valence-electron chi connectivity index (χ2n) is 2.33. The molecule has 68 valence electrons. The standard InChI is InChI=1S/C9H4ClF3/c1-2-6-3-4-7(10)5-8(6)9(11,12)13/h1,3-5H. The molecule has 0 saturated carbocycles. The van der Waals surface area contributed by atoms with E-state index in [1.54, 1.807) is 0 Å². The average molecular weight is 205 g/mol. The molecule has 0 heterocycles. The molecule has 0 nitrogen and oxygen atoms in total. The van der Waals surface area contributed by atoms with Crippen molar-refractivity contribution >= 4 is 11.6 Å². The Hall–Kier alpha value is -1.14. The van der Waals surface area contributed by atoms with Crippen molar-refractivity contribution in [3.8, 4) is 12.3 Å². The van der Waals surface area contributed by atoms with E-state index < -0.39 is 11.7 Å². The van der Waals surface area contributed by atoms with Crippen molar-refractivity contribution in [2.45, 2.75) is 6.18 Å². The predicted molar refractivity (Wildman–Crippen MR) is 44.4 cm³/mol. The Morgan fingerprint density at radius 2 is 1.92 bits per heavy atom. The van der Waals surface area contributed by atoms with Gasteiger partial charge in [0.2, 0.25) is 0 Å². The first-order valence-corrected chi connectivity index (χ1v) is 3.66. The summed E-state index contributed by atoms with van der Waals surface area (Å²) < 4.78 is 36.8. The Labute approximate surface area is 78.3 Å². The third-order valence-corrected chi connectivity index (χ3v) is 1.68. The molecule has 0 aliphatic rings. The van der Waals surface area contributed by atoms with Gasteiger partial charge >= 0.3 is 6.18 Å². The highest BCUT2D eigenvalue weighted by Crippen LogP contribution is 2.33. The topological polar surface area (TPSA) is 0 Å². The van der Waals surface area contributed by atoms with E-state index in [-0.39, 0.29) is 10.6 Å². The van der Waals surface area contributed by atoms with Crippen molar-refractivity contribution in [1.29, 1.82) is 0 Å². The van der Waals surface area contributed by atoms with E-state index in [0.717, 1.165) is 6.07 Å². The molecule has 4 heteroatoms. The van der Waals surface area contributed by atoms with Crippen LogP contribution in [-0.4, -0.2) is 0 Å². The number of hydrogen-bond donors (Lipinski definition) is 0. The van der Waals surface area contributed by atoms with Crippen LogP contribution in [-0.2, 0) is 6.18 Å². The summed E-state index contributed by atoms with van der Waals surface area (Å²) in [7, 11) is 0. The number of alkyl halides is 3. The largest absolute Gasteiger partial charge is 0.417 e. The number of hydrogen-bond acceptors (Lipinski definition) is 0. The molecule has 1 aromatic rings. The second-order valence-corrected chi connectivity index (χ2v) is 2.77. The summed E-state index contributed by atoms with van der Waals surface area (Å²) in [6.07, 6.45) is 0.453. The van der Waals surface area contributed by atoms with Gasteiger partial charge in [0.05, 0.1) is 5.56 Å². The Balaban J connectivity index is 3.35. The minimum atomic E-state index is -4.45.